The number of carbonyl (C=O) groups excluding carboxylic acids is 3. The number of hydrogen-bond donors (Lipinski definition) is 0. The summed E-state index contributed by atoms with van der Waals surface area (Å²) < 4.78 is 0. The van der Waals surface area contributed by atoms with Gasteiger partial charge in [0.2, 0.25) is 11.8 Å². The molecule has 0 radical (unpaired) electrons. The summed E-state index contributed by atoms with van der Waals surface area (Å²) in [6.07, 6.45) is 3.80. The first-order chi connectivity index (χ1) is 14.4. The maximum absolute atomic E-state index is 13.0. The highest BCUT2D eigenvalue weighted by atomic mass is 16.2. The van der Waals surface area contributed by atoms with Crippen LogP contribution in [0.5, 0.6) is 0 Å². The van der Waals surface area contributed by atoms with E-state index < -0.39 is 35.6 Å². The number of imide groups is 2. The summed E-state index contributed by atoms with van der Waals surface area (Å²) in [5.74, 6) is -4.74. The van der Waals surface area contributed by atoms with E-state index in [4.69, 9.17) is 0 Å². The van der Waals surface area contributed by atoms with Crippen LogP contribution in [0.25, 0.3) is 0 Å². The molecule has 0 spiro atoms. The molecule has 3 aliphatic heterocycles. The molecular formula is C22H23N5O3. The Hall–Kier alpha value is -3.39. The molecule has 0 saturated carbocycles. The Kier molecular flexibility index (Phi) is 4.95. The van der Waals surface area contributed by atoms with Gasteiger partial charge in [-0.2, -0.15) is 10.5 Å². The summed E-state index contributed by atoms with van der Waals surface area (Å²) in [6, 6.07) is 7.15. The zero-order valence-corrected chi connectivity index (χ0v) is 17.1. The van der Waals surface area contributed by atoms with E-state index in [2.05, 4.69) is 4.90 Å². The Morgan fingerprint density at radius 1 is 0.933 bits per heavy atom. The number of anilines is 1. The van der Waals surface area contributed by atoms with Crippen LogP contribution in [0, 0.1) is 34.5 Å². The second-order valence-corrected chi connectivity index (χ2v) is 8.20. The average Bonchev–Trinajstić information content (AvgIpc) is 2.76. The van der Waals surface area contributed by atoms with Crippen molar-refractivity contribution in [2.75, 3.05) is 32.1 Å². The lowest BCUT2D eigenvalue weighted by Gasteiger charge is -2.39. The van der Waals surface area contributed by atoms with E-state index in [0.717, 1.165) is 59.7 Å². The van der Waals surface area contributed by atoms with Crippen molar-refractivity contribution in [3.8, 4) is 12.1 Å². The van der Waals surface area contributed by atoms with E-state index in [0.29, 0.717) is 5.56 Å². The molecule has 4 rings (SSSR count). The maximum Gasteiger partial charge on any atom is 0.332 e. The average molecular weight is 405 g/mol. The van der Waals surface area contributed by atoms with Gasteiger partial charge in [0.25, 0.3) is 0 Å². The van der Waals surface area contributed by atoms with Crippen molar-refractivity contribution < 1.29 is 14.4 Å². The van der Waals surface area contributed by atoms with Gasteiger partial charge in [-0.3, -0.25) is 19.4 Å². The van der Waals surface area contributed by atoms with Crippen LogP contribution in [0.3, 0.4) is 0 Å². The minimum Gasteiger partial charge on any atom is -0.371 e. The number of amides is 4. The first-order valence-electron chi connectivity index (χ1n) is 10.2. The number of barbiturate groups is 1. The molecule has 154 valence electrons. The second kappa shape index (κ2) is 7.46. The zero-order chi connectivity index (χ0) is 21.6. The molecule has 1 aromatic carbocycles. The van der Waals surface area contributed by atoms with Crippen molar-refractivity contribution in [1.82, 2.24) is 9.80 Å². The predicted molar refractivity (Wildman–Crippen MR) is 107 cm³/mol. The van der Waals surface area contributed by atoms with Crippen LogP contribution in [-0.2, 0) is 22.4 Å². The molecule has 30 heavy (non-hydrogen) atoms. The van der Waals surface area contributed by atoms with E-state index in [-0.39, 0.29) is 0 Å². The molecule has 8 heteroatoms. The molecule has 4 amide bonds. The van der Waals surface area contributed by atoms with E-state index in [1.54, 1.807) is 0 Å². The minimum atomic E-state index is -1.28. The van der Waals surface area contributed by atoms with E-state index >= 15 is 0 Å². The van der Waals surface area contributed by atoms with Crippen molar-refractivity contribution in [2.45, 2.75) is 31.6 Å². The molecule has 1 unspecified atom stereocenters. The van der Waals surface area contributed by atoms with Crippen molar-refractivity contribution >= 4 is 23.5 Å². The monoisotopic (exact) mass is 405 g/mol. The lowest BCUT2D eigenvalue weighted by Crippen LogP contribution is -2.58. The van der Waals surface area contributed by atoms with Gasteiger partial charge in [0.1, 0.15) is 11.8 Å². The van der Waals surface area contributed by atoms with Gasteiger partial charge in [-0.25, -0.2) is 4.79 Å². The lowest BCUT2D eigenvalue weighted by atomic mass is 9.74. The molecule has 0 bridgehead atoms. The van der Waals surface area contributed by atoms with Crippen LogP contribution in [-0.4, -0.2) is 54.8 Å². The van der Waals surface area contributed by atoms with Gasteiger partial charge in [0.05, 0.1) is 12.1 Å². The fraction of sp³-hybridized carbons (Fsp3) is 0.500. The zero-order valence-electron chi connectivity index (χ0n) is 17.1. The van der Waals surface area contributed by atoms with Crippen LogP contribution in [0.15, 0.2) is 12.1 Å². The van der Waals surface area contributed by atoms with Crippen LogP contribution in [0.4, 0.5) is 10.5 Å². The Morgan fingerprint density at radius 2 is 1.43 bits per heavy atom. The molecular weight excluding hydrogens is 382 g/mol. The maximum atomic E-state index is 13.0. The van der Waals surface area contributed by atoms with Crippen molar-refractivity contribution in [1.29, 1.82) is 10.5 Å². The summed E-state index contributed by atoms with van der Waals surface area (Å²) in [4.78, 5) is 42.3. The highest BCUT2D eigenvalue weighted by Gasteiger charge is 2.49. The van der Waals surface area contributed by atoms with Gasteiger partial charge in [-0.05, 0) is 42.4 Å². The smallest absolute Gasteiger partial charge is 0.332 e. The number of hydrogen-bond acceptors (Lipinski definition) is 6. The molecule has 0 aliphatic carbocycles. The number of carbonyl (C=O) groups is 3. The molecule has 3 heterocycles. The molecule has 1 aromatic rings. The number of rotatable bonds is 3. The number of aryl methyl sites for hydroxylation is 2. The van der Waals surface area contributed by atoms with Crippen LogP contribution in [0.2, 0.25) is 0 Å². The Morgan fingerprint density at radius 3 is 1.90 bits per heavy atom. The fourth-order valence-corrected chi connectivity index (χ4v) is 5.03. The van der Waals surface area contributed by atoms with E-state index in [1.807, 2.05) is 24.3 Å². The molecule has 1 atom stereocenters. The summed E-state index contributed by atoms with van der Waals surface area (Å²) >= 11 is 0. The third-order valence-electron chi connectivity index (χ3n) is 6.50. The number of nitrogens with zero attached hydrogens (tertiary/aromatic N) is 5. The van der Waals surface area contributed by atoms with E-state index in [1.165, 1.54) is 19.8 Å². The second-order valence-electron chi connectivity index (χ2n) is 8.20. The van der Waals surface area contributed by atoms with Gasteiger partial charge >= 0.3 is 6.03 Å². The standard InChI is InChI=1S/C22H23N5O3/c1-25-20(28)18(21(29)26(2)22(25)30)17(16(11-23)12-24)15-9-13-5-3-7-27-8-4-6-14(10-15)19(13)27/h9-10,16-18H,3-8H2,1-2H3. The summed E-state index contributed by atoms with van der Waals surface area (Å²) in [7, 11) is 2.64. The summed E-state index contributed by atoms with van der Waals surface area (Å²) in [6.45, 7) is 2.03. The lowest BCUT2D eigenvalue weighted by molar-refractivity contribution is -0.149. The quantitative estimate of drug-likeness (QED) is 0.710. The first-order valence-corrected chi connectivity index (χ1v) is 10.2. The predicted octanol–water partition coefficient (Wildman–Crippen LogP) is 1.80. The van der Waals surface area contributed by atoms with Crippen molar-refractivity contribution in [3.05, 3.63) is 28.8 Å². The van der Waals surface area contributed by atoms with Gasteiger partial charge in [-0.15, -0.1) is 0 Å². The normalized spacial score (nSPS) is 20.2. The van der Waals surface area contributed by atoms with Crippen molar-refractivity contribution in [2.24, 2.45) is 11.8 Å². The minimum absolute atomic E-state index is 0.656. The van der Waals surface area contributed by atoms with Gasteiger partial charge in [0.15, 0.2) is 0 Å². The Bertz CT molecular complexity index is 952. The number of benzene rings is 1. The Balaban J connectivity index is 1.87. The van der Waals surface area contributed by atoms with Crippen LogP contribution >= 0.6 is 0 Å². The highest BCUT2D eigenvalue weighted by Crippen LogP contribution is 2.42. The number of nitriles is 2. The summed E-state index contributed by atoms with van der Waals surface area (Å²) in [5.41, 5.74) is 4.16. The Labute approximate surface area is 175 Å². The third-order valence-corrected chi connectivity index (χ3v) is 6.50. The first kappa shape index (κ1) is 19.9. The molecule has 0 aromatic heterocycles. The van der Waals surface area contributed by atoms with Gasteiger partial charge in [0, 0.05) is 38.8 Å². The van der Waals surface area contributed by atoms with E-state index in [9.17, 15) is 24.9 Å². The summed E-state index contributed by atoms with van der Waals surface area (Å²) in [5, 5.41) is 19.3. The molecule has 1 fully saturated rings. The SMILES string of the molecule is CN1C(=O)C(C(c2cc3c4c(c2)CCCN4CCC3)C(C#N)C#N)C(=O)N(C)C1=O. The van der Waals surface area contributed by atoms with Gasteiger partial charge < -0.3 is 4.90 Å². The molecule has 0 N–H and O–H groups in total. The number of urea groups is 1. The van der Waals surface area contributed by atoms with Gasteiger partial charge in [-0.1, -0.05) is 12.1 Å². The third kappa shape index (κ3) is 2.91. The largest absolute Gasteiger partial charge is 0.371 e. The van der Waals surface area contributed by atoms with Crippen LogP contribution in [0.1, 0.15) is 35.4 Å². The molecule has 8 nitrogen and oxygen atoms in total. The molecule has 1 saturated heterocycles. The van der Waals surface area contributed by atoms with Crippen LogP contribution < -0.4 is 4.90 Å². The molecule has 3 aliphatic rings. The topological polar surface area (TPSA) is 109 Å². The highest BCUT2D eigenvalue weighted by molar-refractivity contribution is 6.16. The van der Waals surface area contributed by atoms with Crippen molar-refractivity contribution in [3.63, 3.8) is 0 Å². The fourth-order valence-electron chi connectivity index (χ4n) is 5.03.